The Morgan fingerprint density at radius 2 is 2.00 bits per heavy atom. The van der Waals surface area contributed by atoms with Gasteiger partial charge in [0, 0.05) is 6.54 Å². The van der Waals surface area contributed by atoms with E-state index in [2.05, 4.69) is 5.32 Å². The summed E-state index contributed by atoms with van der Waals surface area (Å²) >= 11 is 0. The van der Waals surface area contributed by atoms with Gasteiger partial charge >= 0.3 is 0 Å². The molecule has 0 spiro atoms. The van der Waals surface area contributed by atoms with Gasteiger partial charge in [-0.1, -0.05) is 30.3 Å². The van der Waals surface area contributed by atoms with Crippen LogP contribution in [0.5, 0.6) is 0 Å². The summed E-state index contributed by atoms with van der Waals surface area (Å²) in [6.07, 6.45) is 0.686. The monoisotopic (exact) mass is 248 g/mol. The van der Waals surface area contributed by atoms with Gasteiger partial charge in [0.25, 0.3) is 0 Å². The van der Waals surface area contributed by atoms with Gasteiger partial charge in [-0.15, -0.1) is 0 Å². The molecule has 1 aromatic rings. The third-order valence-corrected chi connectivity index (χ3v) is 3.37. The summed E-state index contributed by atoms with van der Waals surface area (Å²) in [6.45, 7) is 4.30. The molecule has 2 N–H and O–H groups in total. The SMILES string of the molecule is CC1(C)N[C@@H](Cc2ccccc2)C(=O)N1CCO. The standard InChI is InChI=1S/C14H20N2O2/c1-14(2)15-12(13(18)16(14)8-9-17)10-11-6-4-3-5-7-11/h3-7,12,15,17H,8-10H2,1-2H3/t12-/m0/s1. The summed E-state index contributed by atoms with van der Waals surface area (Å²) in [5.74, 6) is 0.0675. The van der Waals surface area contributed by atoms with Crippen LogP contribution in [0.3, 0.4) is 0 Å². The summed E-state index contributed by atoms with van der Waals surface area (Å²) in [6, 6.07) is 9.77. The Kier molecular flexibility index (Phi) is 3.68. The summed E-state index contributed by atoms with van der Waals surface area (Å²) in [5, 5.41) is 12.4. The van der Waals surface area contributed by atoms with Crippen molar-refractivity contribution in [3.8, 4) is 0 Å². The van der Waals surface area contributed by atoms with E-state index >= 15 is 0 Å². The highest BCUT2D eigenvalue weighted by molar-refractivity contribution is 5.85. The van der Waals surface area contributed by atoms with E-state index in [9.17, 15) is 4.79 Å². The van der Waals surface area contributed by atoms with Crippen LogP contribution < -0.4 is 5.32 Å². The molecule has 1 atom stereocenters. The van der Waals surface area contributed by atoms with Gasteiger partial charge in [-0.3, -0.25) is 10.1 Å². The zero-order valence-electron chi connectivity index (χ0n) is 10.9. The van der Waals surface area contributed by atoms with Crippen molar-refractivity contribution >= 4 is 5.91 Å². The van der Waals surface area contributed by atoms with E-state index in [0.717, 1.165) is 5.56 Å². The van der Waals surface area contributed by atoms with E-state index < -0.39 is 0 Å². The molecule has 1 fully saturated rings. The van der Waals surface area contributed by atoms with Gasteiger partial charge < -0.3 is 10.0 Å². The Morgan fingerprint density at radius 1 is 1.33 bits per heavy atom. The molecule has 1 aromatic carbocycles. The highest BCUT2D eigenvalue weighted by Crippen LogP contribution is 2.22. The molecule has 18 heavy (non-hydrogen) atoms. The predicted molar refractivity (Wildman–Crippen MR) is 69.9 cm³/mol. The number of nitrogens with one attached hydrogen (secondary N) is 1. The number of carbonyl (C=O) groups is 1. The predicted octanol–water partition coefficient (Wildman–Crippen LogP) is 0.758. The van der Waals surface area contributed by atoms with Crippen LogP contribution in [0.1, 0.15) is 19.4 Å². The minimum Gasteiger partial charge on any atom is -0.395 e. The molecule has 0 radical (unpaired) electrons. The first kappa shape index (κ1) is 13.1. The van der Waals surface area contributed by atoms with Gasteiger partial charge in [-0.2, -0.15) is 0 Å². The fourth-order valence-corrected chi connectivity index (χ4v) is 2.51. The summed E-state index contributed by atoms with van der Waals surface area (Å²) in [7, 11) is 0. The summed E-state index contributed by atoms with van der Waals surface area (Å²) in [5.41, 5.74) is 0.754. The quantitative estimate of drug-likeness (QED) is 0.827. The van der Waals surface area contributed by atoms with Crippen molar-refractivity contribution in [2.45, 2.75) is 32.0 Å². The molecule has 1 aliphatic heterocycles. The number of nitrogens with zero attached hydrogens (tertiary/aromatic N) is 1. The summed E-state index contributed by atoms with van der Waals surface area (Å²) < 4.78 is 0. The van der Waals surface area contributed by atoms with Crippen LogP contribution in [0, 0.1) is 0 Å². The number of aliphatic hydroxyl groups excluding tert-OH is 1. The molecule has 1 aliphatic rings. The number of rotatable bonds is 4. The first-order valence-electron chi connectivity index (χ1n) is 6.28. The summed E-state index contributed by atoms with van der Waals surface area (Å²) in [4.78, 5) is 14.0. The van der Waals surface area contributed by atoms with Gasteiger partial charge in [0.1, 0.15) is 0 Å². The minimum absolute atomic E-state index is 0.00505. The molecular formula is C14H20N2O2. The molecule has 4 heteroatoms. The highest BCUT2D eigenvalue weighted by Gasteiger charge is 2.43. The van der Waals surface area contributed by atoms with Crippen molar-refractivity contribution in [2.75, 3.05) is 13.2 Å². The first-order chi connectivity index (χ1) is 8.54. The number of hydrogen-bond acceptors (Lipinski definition) is 3. The van der Waals surface area contributed by atoms with Crippen LogP contribution in [-0.2, 0) is 11.2 Å². The Labute approximate surface area is 108 Å². The highest BCUT2D eigenvalue weighted by atomic mass is 16.3. The van der Waals surface area contributed by atoms with Crippen LogP contribution in [0.2, 0.25) is 0 Å². The van der Waals surface area contributed by atoms with Crippen molar-refractivity contribution in [3.63, 3.8) is 0 Å². The van der Waals surface area contributed by atoms with E-state index in [-0.39, 0.29) is 24.2 Å². The molecule has 0 unspecified atom stereocenters. The Balaban J connectivity index is 2.10. The van der Waals surface area contributed by atoms with E-state index in [1.807, 2.05) is 44.2 Å². The third kappa shape index (κ3) is 2.54. The molecular weight excluding hydrogens is 228 g/mol. The molecule has 1 heterocycles. The van der Waals surface area contributed by atoms with Gasteiger partial charge in [0.2, 0.25) is 5.91 Å². The fraction of sp³-hybridized carbons (Fsp3) is 0.500. The maximum atomic E-state index is 12.3. The molecule has 0 bridgehead atoms. The van der Waals surface area contributed by atoms with Crippen molar-refractivity contribution in [3.05, 3.63) is 35.9 Å². The molecule has 0 aliphatic carbocycles. The Hall–Kier alpha value is -1.39. The number of β-amino-alcohol motifs (C(OH)–C–C–N with tert-alkyl or cyclic N) is 1. The average molecular weight is 248 g/mol. The molecule has 0 saturated carbocycles. The molecule has 2 rings (SSSR count). The van der Waals surface area contributed by atoms with Gasteiger partial charge in [-0.25, -0.2) is 0 Å². The second-order valence-corrected chi connectivity index (χ2v) is 5.16. The van der Waals surface area contributed by atoms with E-state index in [4.69, 9.17) is 5.11 Å². The van der Waals surface area contributed by atoms with Crippen molar-refractivity contribution in [1.29, 1.82) is 0 Å². The maximum absolute atomic E-state index is 12.3. The number of amides is 1. The average Bonchev–Trinajstić information content (AvgIpc) is 2.54. The lowest BCUT2D eigenvalue weighted by Gasteiger charge is -2.30. The van der Waals surface area contributed by atoms with Gasteiger partial charge in [0.05, 0.1) is 18.3 Å². The first-order valence-corrected chi connectivity index (χ1v) is 6.28. The maximum Gasteiger partial charge on any atom is 0.241 e. The number of carbonyl (C=O) groups excluding carboxylic acids is 1. The lowest BCUT2D eigenvalue weighted by atomic mass is 10.1. The zero-order chi connectivity index (χ0) is 13.2. The zero-order valence-corrected chi connectivity index (χ0v) is 10.9. The van der Waals surface area contributed by atoms with Gasteiger partial charge in [0.15, 0.2) is 0 Å². The molecule has 4 nitrogen and oxygen atoms in total. The molecule has 1 amide bonds. The second-order valence-electron chi connectivity index (χ2n) is 5.16. The lowest BCUT2D eigenvalue weighted by Crippen LogP contribution is -2.48. The lowest BCUT2D eigenvalue weighted by molar-refractivity contribution is -0.132. The minimum atomic E-state index is -0.390. The van der Waals surface area contributed by atoms with Gasteiger partial charge in [-0.05, 0) is 25.8 Å². The number of benzene rings is 1. The fourth-order valence-electron chi connectivity index (χ4n) is 2.51. The molecule has 98 valence electrons. The number of hydrogen-bond donors (Lipinski definition) is 2. The van der Waals surface area contributed by atoms with Crippen LogP contribution in [0.15, 0.2) is 30.3 Å². The third-order valence-electron chi connectivity index (χ3n) is 3.37. The number of aliphatic hydroxyl groups is 1. The van der Waals surface area contributed by atoms with Crippen molar-refractivity contribution < 1.29 is 9.90 Å². The van der Waals surface area contributed by atoms with Crippen LogP contribution in [-0.4, -0.2) is 40.8 Å². The van der Waals surface area contributed by atoms with E-state index in [0.29, 0.717) is 13.0 Å². The van der Waals surface area contributed by atoms with Crippen molar-refractivity contribution in [2.24, 2.45) is 0 Å². The normalized spacial score (nSPS) is 22.5. The van der Waals surface area contributed by atoms with Crippen LogP contribution in [0.4, 0.5) is 0 Å². The van der Waals surface area contributed by atoms with Crippen LogP contribution in [0.25, 0.3) is 0 Å². The largest absolute Gasteiger partial charge is 0.395 e. The van der Waals surface area contributed by atoms with Crippen LogP contribution >= 0.6 is 0 Å². The molecule has 1 saturated heterocycles. The molecule has 0 aromatic heterocycles. The van der Waals surface area contributed by atoms with Crippen molar-refractivity contribution in [1.82, 2.24) is 10.2 Å². The Morgan fingerprint density at radius 3 is 2.61 bits per heavy atom. The Bertz CT molecular complexity index is 417. The van der Waals surface area contributed by atoms with E-state index in [1.165, 1.54) is 0 Å². The second kappa shape index (κ2) is 5.08. The van der Waals surface area contributed by atoms with E-state index in [1.54, 1.807) is 4.90 Å². The smallest absolute Gasteiger partial charge is 0.241 e. The topological polar surface area (TPSA) is 52.6 Å².